The number of ether oxygens (including phenoxy) is 2. The third-order valence-electron chi connectivity index (χ3n) is 15.2. The Morgan fingerprint density at radius 3 is 1.64 bits per heavy atom. The van der Waals surface area contributed by atoms with Crippen LogP contribution >= 0.6 is 0 Å². The summed E-state index contributed by atoms with van der Waals surface area (Å²) >= 11 is 0. The number of aryl methyl sites for hydroxylation is 4. The first-order valence-electron chi connectivity index (χ1n) is 24.9. The highest BCUT2D eigenvalue weighted by molar-refractivity contribution is 5.95. The van der Waals surface area contributed by atoms with Crippen LogP contribution < -0.4 is 10.2 Å². The van der Waals surface area contributed by atoms with Crippen LogP contribution in [0.15, 0.2) is 63.6 Å². The van der Waals surface area contributed by atoms with Crippen LogP contribution in [0.3, 0.4) is 0 Å². The fourth-order valence-electron chi connectivity index (χ4n) is 11.7. The second-order valence-corrected chi connectivity index (χ2v) is 19.6. The molecular weight excluding hydrogens is 895 g/mol. The van der Waals surface area contributed by atoms with Gasteiger partial charge in [0.15, 0.2) is 11.6 Å². The molecule has 0 unspecified atom stereocenters. The van der Waals surface area contributed by atoms with E-state index in [4.69, 9.17) is 28.5 Å². The van der Waals surface area contributed by atoms with Crippen LogP contribution in [-0.2, 0) is 19.1 Å². The molecule has 3 aromatic carbocycles. The molecule has 16 heteroatoms. The number of halogens is 2. The van der Waals surface area contributed by atoms with E-state index in [0.29, 0.717) is 43.5 Å². The number of nitrogens with zero attached hydrogens (tertiary/aromatic N) is 7. The number of imidazole rings is 2. The topological polar surface area (TPSA) is 156 Å². The summed E-state index contributed by atoms with van der Waals surface area (Å²) < 4.78 is 54.7. The SMILES string of the molecule is COC1CCC(n2c([C@@H]3CCCC(=O)N3)nc3cc(-c4c(C)noc4C)ccc32)CC1.COC1CCC(n2c([C@@H]3CCCC(=O)N3c3ccc(F)c(F)c3)nc3cc(-c4c(C)noc4C)ccc32)CC1. The van der Waals surface area contributed by atoms with E-state index in [1.807, 2.05) is 27.7 Å². The van der Waals surface area contributed by atoms with E-state index >= 15 is 0 Å². The normalized spacial score (nSPS) is 23.2. The number of hydrogen-bond donors (Lipinski definition) is 1. The number of rotatable bonds is 9. The molecule has 2 aliphatic heterocycles. The Balaban J connectivity index is 0.000000166. The molecule has 2 saturated heterocycles. The fraction of sp³-hybridized carbons (Fsp3) is 0.481. The van der Waals surface area contributed by atoms with Crippen molar-refractivity contribution in [3.8, 4) is 22.3 Å². The highest BCUT2D eigenvalue weighted by Crippen LogP contribution is 2.43. The summed E-state index contributed by atoms with van der Waals surface area (Å²) in [4.78, 5) is 37.3. The molecule has 2 amide bonds. The average Bonchev–Trinajstić information content (AvgIpc) is 4.13. The number of nitrogens with one attached hydrogen (secondary N) is 1. The molecule has 368 valence electrons. The Kier molecular flexibility index (Phi) is 13.5. The minimum absolute atomic E-state index is 0.0312. The van der Waals surface area contributed by atoms with Crippen molar-refractivity contribution in [2.75, 3.05) is 19.1 Å². The maximum atomic E-state index is 14.3. The lowest BCUT2D eigenvalue weighted by atomic mass is 9.91. The quantitative estimate of drug-likeness (QED) is 0.148. The van der Waals surface area contributed by atoms with Crippen molar-refractivity contribution in [2.45, 2.75) is 154 Å². The second kappa shape index (κ2) is 19.9. The largest absolute Gasteiger partial charge is 0.381 e. The van der Waals surface area contributed by atoms with Gasteiger partial charge in [-0.25, -0.2) is 18.7 Å². The number of piperidine rings is 2. The maximum absolute atomic E-state index is 14.3. The molecule has 0 bridgehead atoms. The van der Waals surface area contributed by atoms with Crippen LogP contribution in [0.4, 0.5) is 14.5 Å². The molecule has 7 aromatic rings. The van der Waals surface area contributed by atoms with Crippen LogP contribution in [0, 0.1) is 39.3 Å². The minimum Gasteiger partial charge on any atom is -0.381 e. The predicted octanol–water partition coefficient (Wildman–Crippen LogP) is 11.8. The first-order chi connectivity index (χ1) is 33.9. The Morgan fingerprint density at radius 1 is 0.614 bits per heavy atom. The van der Waals surface area contributed by atoms with E-state index in [-0.39, 0.29) is 30.0 Å². The summed E-state index contributed by atoms with van der Waals surface area (Å²) in [7, 11) is 3.56. The van der Waals surface area contributed by atoms with Gasteiger partial charge in [0.05, 0.1) is 57.7 Å². The lowest BCUT2D eigenvalue weighted by molar-refractivity contribution is -0.123. The minimum atomic E-state index is -0.972. The first-order valence-corrected chi connectivity index (χ1v) is 24.9. The van der Waals surface area contributed by atoms with E-state index in [1.54, 1.807) is 19.1 Å². The standard InChI is InChI=1S/C30H32F2N4O3.C24H30N4O3/c1-17-29(18(2)39-34-17)19-7-14-26-25(15-19)33-30(36(26)20-8-11-22(38-3)12-9-20)27-5-4-6-28(37)35(27)21-10-13-23(31)24(32)16-21;1-14-23(15(2)31-27-14)16-7-12-21-20(13-16)26-24(19-5-4-6-22(29)25-19)28(21)17-8-10-18(30-3)11-9-17/h7,10,13-16,20,22,27H,4-6,8-9,11-12H2,1-3H3;7,12-13,17-19H,4-6,8-11H2,1-3H3,(H,25,29)/t20?,22?,27-;17?,18?,19-/m00/s1. The van der Waals surface area contributed by atoms with E-state index in [2.05, 4.69) is 61.2 Å². The number of anilines is 1. The molecule has 0 spiro atoms. The van der Waals surface area contributed by atoms with Gasteiger partial charge in [-0.3, -0.25) is 9.59 Å². The number of carbonyl (C=O) groups excluding carboxylic acids is 2. The summed E-state index contributed by atoms with van der Waals surface area (Å²) in [5, 5.41) is 11.4. The Bertz CT molecular complexity index is 3010. The Morgan fingerprint density at radius 2 is 1.14 bits per heavy atom. The number of benzene rings is 3. The summed E-state index contributed by atoms with van der Waals surface area (Å²) in [6.07, 6.45) is 12.7. The number of methoxy groups -OCH3 is 2. The van der Waals surface area contributed by atoms with Crippen LogP contribution in [0.1, 0.15) is 149 Å². The van der Waals surface area contributed by atoms with Gasteiger partial charge >= 0.3 is 0 Å². The van der Waals surface area contributed by atoms with E-state index < -0.39 is 17.7 Å². The Labute approximate surface area is 406 Å². The maximum Gasteiger partial charge on any atom is 0.227 e. The summed E-state index contributed by atoms with van der Waals surface area (Å²) in [6, 6.07) is 16.4. The molecule has 14 nitrogen and oxygen atoms in total. The number of aromatic nitrogens is 6. The van der Waals surface area contributed by atoms with Crippen LogP contribution in [0.25, 0.3) is 44.3 Å². The van der Waals surface area contributed by atoms with Crippen molar-refractivity contribution in [1.29, 1.82) is 0 Å². The lowest BCUT2D eigenvalue weighted by Gasteiger charge is -2.37. The van der Waals surface area contributed by atoms with Gasteiger partial charge in [0, 0.05) is 62.0 Å². The molecule has 4 fully saturated rings. The summed E-state index contributed by atoms with van der Waals surface area (Å²) in [6.45, 7) is 7.72. The first kappa shape index (κ1) is 47.4. The van der Waals surface area contributed by atoms with E-state index in [0.717, 1.165) is 155 Å². The lowest BCUT2D eigenvalue weighted by Crippen LogP contribution is -2.40. The zero-order chi connectivity index (χ0) is 48.8. The van der Waals surface area contributed by atoms with E-state index in [9.17, 15) is 18.4 Å². The van der Waals surface area contributed by atoms with Crippen molar-refractivity contribution in [3.05, 3.63) is 101 Å². The molecule has 6 heterocycles. The number of fused-ring (bicyclic) bond motifs is 2. The predicted molar refractivity (Wildman–Crippen MR) is 261 cm³/mol. The van der Waals surface area contributed by atoms with Crippen LogP contribution in [-0.4, -0.2) is 67.7 Å². The average molecular weight is 957 g/mol. The van der Waals surface area contributed by atoms with Gasteiger partial charge in [-0.2, -0.15) is 0 Å². The molecule has 2 atom stereocenters. The molecule has 70 heavy (non-hydrogen) atoms. The molecule has 2 saturated carbocycles. The zero-order valence-electron chi connectivity index (χ0n) is 40.9. The second-order valence-electron chi connectivity index (χ2n) is 19.6. The molecule has 11 rings (SSSR count). The third kappa shape index (κ3) is 9.04. The van der Waals surface area contributed by atoms with E-state index in [1.165, 1.54) is 6.07 Å². The summed E-state index contributed by atoms with van der Waals surface area (Å²) in [5.41, 5.74) is 9.96. The molecule has 4 aromatic heterocycles. The highest BCUT2D eigenvalue weighted by atomic mass is 19.2. The number of amides is 2. The smallest absolute Gasteiger partial charge is 0.227 e. The monoisotopic (exact) mass is 956 g/mol. The molecule has 0 radical (unpaired) electrons. The van der Waals surface area contributed by atoms with Crippen molar-refractivity contribution in [2.24, 2.45) is 0 Å². The molecule has 2 aliphatic carbocycles. The molecule has 4 aliphatic rings. The van der Waals surface area contributed by atoms with Gasteiger partial charge < -0.3 is 37.9 Å². The summed E-state index contributed by atoms with van der Waals surface area (Å²) in [5.74, 6) is 1.42. The number of hydrogen-bond acceptors (Lipinski definition) is 10. The van der Waals surface area contributed by atoms with Crippen molar-refractivity contribution in [1.82, 2.24) is 34.7 Å². The highest BCUT2D eigenvalue weighted by Gasteiger charge is 2.37. The van der Waals surface area contributed by atoms with Crippen molar-refractivity contribution < 1.29 is 36.9 Å². The zero-order valence-corrected chi connectivity index (χ0v) is 40.9. The van der Waals surface area contributed by atoms with Gasteiger partial charge in [0.1, 0.15) is 23.2 Å². The number of carbonyl (C=O) groups is 2. The van der Waals surface area contributed by atoms with Gasteiger partial charge in [0.25, 0.3) is 0 Å². The van der Waals surface area contributed by atoms with Gasteiger partial charge in [-0.05, 0) is 152 Å². The Hall–Kier alpha value is -6.26. The van der Waals surface area contributed by atoms with Crippen LogP contribution in [0.2, 0.25) is 0 Å². The fourth-order valence-corrected chi connectivity index (χ4v) is 11.7. The van der Waals surface area contributed by atoms with Crippen LogP contribution in [0.5, 0.6) is 0 Å². The molecular formula is C54H62F2N8O6. The van der Waals surface area contributed by atoms with Gasteiger partial charge in [-0.15, -0.1) is 0 Å². The molecule has 1 N–H and O–H groups in total. The van der Waals surface area contributed by atoms with Gasteiger partial charge in [0.2, 0.25) is 11.8 Å². The van der Waals surface area contributed by atoms with Crippen molar-refractivity contribution in [3.63, 3.8) is 0 Å². The van der Waals surface area contributed by atoms with Crippen molar-refractivity contribution >= 4 is 39.6 Å². The van der Waals surface area contributed by atoms with Gasteiger partial charge in [-0.1, -0.05) is 22.4 Å². The third-order valence-corrected chi connectivity index (χ3v) is 15.2.